The van der Waals surface area contributed by atoms with Crippen molar-refractivity contribution in [1.82, 2.24) is 10.3 Å². The van der Waals surface area contributed by atoms with Crippen LogP contribution in [0.5, 0.6) is 11.5 Å². The van der Waals surface area contributed by atoms with Gasteiger partial charge in [-0.1, -0.05) is 0 Å². The molecule has 0 spiro atoms. The average molecular weight is 503 g/mol. The molecule has 0 aliphatic carbocycles. The van der Waals surface area contributed by atoms with Crippen molar-refractivity contribution in [2.75, 3.05) is 12.3 Å². The van der Waals surface area contributed by atoms with E-state index in [0.29, 0.717) is 35.0 Å². The molecule has 3 rings (SSSR count). The van der Waals surface area contributed by atoms with E-state index in [9.17, 15) is 31.1 Å². The number of alkyl halides is 6. The number of hydrogen-bond acceptors (Lipinski definition) is 4. The van der Waals surface area contributed by atoms with Crippen LogP contribution in [0.15, 0.2) is 36.5 Å². The molecule has 3 aromatic rings. The van der Waals surface area contributed by atoms with Crippen LogP contribution < -0.4 is 15.8 Å². The fraction of sp³-hybridized carbons (Fsp3) is 0.348. The van der Waals surface area contributed by atoms with Crippen molar-refractivity contribution in [3.63, 3.8) is 0 Å². The average Bonchev–Trinajstić information content (AvgIpc) is 3.08. The summed E-state index contributed by atoms with van der Waals surface area (Å²) in [4.78, 5) is 14.8. The van der Waals surface area contributed by atoms with Crippen molar-refractivity contribution in [3.05, 3.63) is 53.2 Å². The predicted molar refractivity (Wildman–Crippen MR) is 117 cm³/mol. The summed E-state index contributed by atoms with van der Waals surface area (Å²) in [6, 6.07) is 4.83. The van der Waals surface area contributed by atoms with E-state index >= 15 is 0 Å². The maximum Gasteiger partial charge on any atom is 0.420 e. The molecule has 1 heterocycles. The largest absolute Gasteiger partial charge is 0.456 e. The molecule has 0 fully saturated rings. The van der Waals surface area contributed by atoms with E-state index < -0.39 is 46.6 Å². The monoisotopic (exact) mass is 503 g/mol. The smallest absolute Gasteiger partial charge is 0.420 e. The van der Waals surface area contributed by atoms with Gasteiger partial charge in [0, 0.05) is 29.3 Å². The Morgan fingerprint density at radius 1 is 1.00 bits per heavy atom. The molecule has 1 amide bonds. The molecule has 6 nitrogen and oxygen atoms in total. The zero-order valence-electron chi connectivity index (χ0n) is 18.9. The first-order valence-electron chi connectivity index (χ1n) is 10.4. The van der Waals surface area contributed by atoms with Gasteiger partial charge in [-0.25, -0.2) is 4.79 Å². The highest BCUT2D eigenvalue weighted by Crippen LogP contribution is 2.47. The number of halogens is 6. The van der Waals surface area contributed by atoms with Gasteiger partial charge in [-0.3, -0.25) is 0 Å². The number of ether oxygens (including phenoxy) is 2. The van der Waals surface area contributed by atoms with Gasteiger partial charge < -0.3 is 25.5 Å². The topological polar surface area (TPSA) is 89.4 Å². The van der Waals surface area contributed by atoms with Gasteiger partial charge >= 0.3 is 18.4 Å². The van der Waals surface area contributed by atoms with E-state index in [-0.39, 0.29) is 12.3 Å². The van der Waals surface area contributed by atoms with Crippen molar-refractivity contribution >= 4 is 22.7 Å². The van der Waals surface area contributed by atoms with Gasteiger partial charge in [-0.15, -0.1) is 0 Å². The SMILES string of the molecule is CC(C)(C)OC(=O)NCCc1c[nH]c2ccc(Oc3c(C(F)(F)F)cc(N)cc3C(F)(F)F)cc12. The number of amides is 1. The Balaban J connectivity index is 1.90. The number of nitrogens with two attached hydrogens (primary N) is 1. The third kappa shape index (κ3) is 6.52. The van der Waals surface area contributed by atoms with Gasteiger partial charge in [-0.05, 0) is 63.1 Å². The van der Waals surface area contributed by atoms with Crippen molar-refractivity contribution < 1.29 is 40.6 Å². The lowest BCUT2D eigenvalue weighted by Crippen LogP contribution is -2.33. The third-order valence-corrected chi connectivity index (χ3v) is 4.74. The zero-order chi connectivity index (χ0) is 26.2. The van der Waals surface area contributed by atoms with E-state index in [2.05, 4.69) is 10.3 Å². The van der Waals surface area contributed by atoms with Crippen LogP contribution >= 0.6 is 0 Å². The highest BCUT2D eigenvalue weighted by Gasteiger charge is 2.43. The standard InChI is InChI=1S/C23H23F6N3O3/c1-21(2,3)35-20(33)31-7-6-12-11-32-18-5-4-14(10-15(12)18)34-19-16(22(24,25)26)8-13(30)9-17(19)23(27,28)29/h4-5,8-11,32H,6-7,30H2,1-3H3,(H,31,33). The quantitative estimate of drug-likeness (QED) is 0.269. The molecular formula is C23H23F6N3O3. The summed E-state index contributed by atoms with van der Waals surface area (Å²) in [5, 5.41) is 3.09. The zero-order valence-corrected chi connectivity index (χ0v) is 18.9. The molecule has 0 aliphatic heterocycles. The molecule has 190 valence electrons. The molecule has 0 bridgehead atoms. The molecule has 0 saturated carbocycles. The van der Waals surface area contributed by atoms with Crippen molar-refractivity contribution in [2.24, 2.45) is 0 Å². The fourth-order valence-electron chi connectivity index (χ4n) is 3.34. The van der Waals surface area contributed by atoms with Crippen LogP contribution in [0.1, 0.15) is 37.5 Å². The minimum atomic E-state index is -5.14. The number of anilines is 1. The lowest BCUT2D eigenvalue weighted by Gasteiger charge is -2.20. The molecule has 0 saturated heterocycles. The van der Waals surface area contributed by atoms with E-state index in [1.807, 2.05) is 0 Å². The number of hydrogen-bond donors (Lipinski definition) is 3. The summed E-state index contributed by atoms with van der Waals surface area (Å²) in [5.74, 6) is -1.62. The molecule has 0 aliphatic rings. The Bertz CT molecular complexity index is 1190. The predicted octanol–water partition coefficient (Wildman–Crippen LogP) is 6.65. The molecule has 12 heteroatoms. The second-order valence-electron chi connectivity index (χ2n) is 8.74. The summed E-state index contributed by atoms with van der Waals surface area (Å²) in [5.41, 5.74) is 1.88. The number of benzene rings is 2. The van der Waals surface area contributed by atoms with Crippen molar-refractivity contribution in [3.8, 4) is 11.5 Å². The van der Waals surface area contributed by atoms with E-state index in [4.69, 9.17) is 15.2 Å². The summed E-state index contributed by atoms with van der Waals surface area (Å²) >= 11 is 0. The Morgan fingerprint density at radius 2 is 1.60 bits per heavy atom. The maximum atomic E-state index is 13.5. The second kappa shape index (κ2) is 9.23. The first-order valence-corrected chi connectivity index (χ1v) is 10.4. The van der Waals surface area contributed by atoms with Crippen molar-refractivity contribution in [2.45, 2.75) is 45.1 Å². The third-order valence-electron chi connectivity index (χ3n) is 4.74. The molecule has 2 aromatic carbocycles. The van der Waals surface area contributed by atoms with Gasteiger partial charge in [0.2, 0.25) is 0 Å². The van der Waals surface area contributed by atoms with E-state index in [0.717, 1.165) is 0 Å². The van der Waals surface area contributed by atoms with Crippen LogP contribution in [0, 0.1) is 0 Å². The van der Waals surface area contributed by atoms with Crippen LogP contribution in [0.25, 0.3) is 10.9 Å². The van der Waals surface area contributed by atoms with Gasteiger partial charge in [0.25, 0.3) is 0 Å². The van der Waals surface area contributed by atoms with Crippen LogP contribution in [-0.4, -0.2) is 23.2 Å². The van der Waals surface area contributed by atoms with E-state index in [1.165, 1.54) is 18.2 Å². The van der Waals surface area contributed by atoms with Crippen LogP contribution in [0.2, 0.25) is 0 Å². The summed E-state index contributed by atoms with van der Waals surface area (Å²) in [7, 11) is 0. The molecule has 35 heavy (non-hydrogen) atoms. The first kappa shape index (κ1) is 26.0. The number of nitrogen functional groups attached to an aromatic ring is 1. The lowest BCUT2D eigenvalue weighted by atomic mass is 10.1. The second-order valence-corrected chi connectivity index (χ2v) is 8.74. The number of fused-ring (bicyclic) bond motifs is 1. The number of carbonyl (C=O) groups excluding carboxylic acids is 1. The fourth-order valence-corrected chi connectivity index (χ4v) is 3.34. The maximum absolute atomic E-state index is 13.5. The molecule has 0 radical (unpaired) electrons. The molecular weight excluding hydrogens is 480 g/mol. The Labute approximate surface area is 196 Å². The Hall–Kier alpha value is -3.57. The number of carbonyl (C=O) groups is 1. The van der Waals surface area contributed by atoms with E-state index in [1.54, 1.807) is 27.0 Å². The van der Waals surface area contributed by atoms with Gasteiger partial charge in [0.1, 0.15) is 22.5 Å². The summed E-state index contributed by atoms with van der Waals surface area (Å²) < 4.78 is 91.5. The Kier molecular flexibility index (Phi) is 6.87. The minimum Gasteiger partial charge on any atom is -0.456 e. The highest BCUT2D eigenvalue weighted by molar-refractivity contribution is 5.85. The Morgan fingerprint density at radius 3 is 2.14 bits per heavy atom. The van der Waals surface area contributed by atoms with Crippen molar-refractivity contribution in [1.29, 1.82) is 0 Å². The number of aromatic amines is 1. The molecule has 0 unspecified atom stereocenters. The number of rotatable bonds is 5. The number of nitrogens with one attached hydrogen (secondary N) is 2. The van der Waals surface area contributed by atoms with Crippen LogP contribution in [0.3, 0.4) is 0 Å². The summed E-state index contributed by atoms with van der Waals surface area (Å²) in [6.45, 7) is 5.32. The first-order chi connectivity index (χ1) is 16.0. The molecule has 4 N–H and O–H groups in total. The minimum absolute atomic E-state index is 0.182. The van der Waals surface area contributed by atoms with Crippen LogP contribution in [0.4, 0.5) is 36.8 Å². The number of alkyl carbamates (subject to hydrolysis) is 1. The van der Waals surface area contributed by atoms with Crippen LogP contribution in [-0.2, 0) is 23.5 Å². The van der Waals surface area contributed by atoms with Gasteiger partial charge in [-0.2, -0.15) is 26.3 Å². The normalized spacial score (nSPS) is 12.6. The molecule has 1 aromatic heterocycles. The lowest BCUT2D eigenvalue weighted by molar-refractivity contribution is -0.144. The highest BCUT2D eigenvalue weighted by atomic mass is 19.4. The molecule has 0 atom stereocenters. The summed E-state index contributed by atoms with van der Waals surface area (Å²) in [6.07, 6.45) is -8.96. The van der Waals surface area contributed by atoms with Gasteiger partial charge in [0.05, 0.1) is 0 Å². The number of aromatic nitrogens is 1. The number of H-pyrrole nitrogens is 1. The van der Waals surface area contributed by atoms with Gasteiger partial charge in [0.15, 0.2) is 5.75 Å².